The molecule has 6 nitrogen and oxygen atoms in total. The fraction of sp³-hybridized carbons (Fsp3) is 0.500. The number of piperidine rings is 1. The number of phenolic OH excluding ortho intramolecular Hbond substituents is 1. The van der Waals surface area contributed by atoms with Crippen LogP contribution in [0.15, 0.2) is 23.3 Å². The largest absolute Gasteiger partial charge is 0.502 e. The molecule has 2 rings (SSSR count). The monoisotopic (exact) mass is 277 g/mol. The molecule has 1 aliphatic rings. The number of aromatic hydroxyl groups is 1. The number of rotatable bonds is 3. The topological polar surface area (TPSA) is 79.0 Å². The third-order valence-electron chi connectivity index (χ3n) is 3.68. The summed E-state index contributed by atoms with van der Waals surface area (Å²) in [6.45, 7) is 4.26. The molecule has 0 amide bonds. The standard InChI is InChI=1S/C14H19N3O3/c1-10-4-3-5-11(2)16(10)15-9-12-6-7-14(18)13(8-12)17(19)20/h6-11,18H,3-5H2,1-2H3/b15-9-/t10-,11+. The van der Waals surface area contributed by atoms with Gasteiger partial charge in [0.25, 0.3) is 0 Å². The van der Waals surface area contributed by atoms with Crippen LogP contribution in [-0.4, -0.2) is 33.3 Å². The van der Waals surface area contributed by atoms with Gasteiger partial charge in [-0.15, -0.1) is 0 Å². The second-order valence-corrected chi connectivity index (χ2v) is 5.26. The van der Waals surface area contributed by atoms with Crippen molar-refractivity contribution in [2.45, 2.75) is 45.2 Å². The fourth-order valence-electron chi connectivity index (χ4n) is 2.54. The first-order valence-electron chi connectivity index (χ1n) is 6.78. The van der Waals surface area contributed by atoms with E-state index in [1.54, 1.807) is 12.3 Å². The van der Waals surface area contributed by atoms with Gasteiger partial charge in [-0.2, -0.15) is 5.10 Å². The zero-order valence-electron chi connectivity index (χ0n) is 11.7. The highest BCUT2D eigenvalue weighted by atomic mass is 16.6. The molecule has 1 aromatic carbocycles. The van der Waals surface area contributed by atoms with Gasteiger partial charge in [-0.05, 0) is 45.2 Å². The first-order valence-corrected chi connectivity index (χ1v) is 6.78. The summed E-state index contributed by atoms with van der Waals surface area (Å²) in [4.78, 5) is 10.2. The smallest absolute Gasteiger partial charge is 0.311 e. The van der Waals surface area contributed by atoms with Crippen molar-refractivity contribution in [1.82, 2.24) is 5.01 Å². The van der Waals surface area contributed by atoms with E-state index in [2.05, 4.69) is 18.9 Å². The molecule has 20 heavy (non-hydrogen) atoms. The first kappa shape index (κ1) is 14.3. The summed E-state index contributed by atoms with van der Waals surface area (Å²) in [5.41, 5.74) is 0.313. The molecule has 0 aromatic heterocycles. The predicted molar refractivity (Wildman–Crippen MR) is 77.0 cm³/mol. The number of phenols is 1. The number of nitro benzene ring substituents is 1. The molecule has 0 aliphatic carbocycles. The SMILES string of the molecule is C[C@@H]1CCC[C@H](C)N1/N=C\c1ccc(O)c([N+](=O)[O-])c1. The Balaban J connectivity index is 2.18. The van der Waals surface area contributed by atoms with E-state index in [0.29, 0.717) is 17.6 Å². The number of nitro groups is 1. The van der Waals surface area contributed by atoms with Gasteiger partial charge in [0.2, 0.25) is 0 Å². The van der Waals surface area contributed by atoms with Crippen molar-refractivity contribution < 1.29 is 10.0 Å². The Kier molecular flexibility index (Phi) is 4.22. The Morgan fingerprint density at radius 3 is 2.65 bits per heavy atom. The molecule has 0 bridgehead atoms. The fourth-order valence-corrected chi connectivity index (χ4v) is 2.54. The van der Waals surface area contributed by atoms with E-state index in [4.69, 9.17) is 0 Å². The molecule has 1 fully saturated rings. The van der Waals surface area contributed by atoms with Crippen molar-refractivity contribution in [3.63, 3.8) is 0 Å². The van der Waals surface area contributed by atoms with E-state index in [-0.39, 0.29) is 11.4 Å². The molecule has 6 heteroatoms. The highest BCUT2D eigenvalue weighted by molar-refractivity contribution is 5.81. The van der Waals surface area contributed by atoms with Crippen LogP contribution in [0.25, 0.3) is 0 Å². The van der Waals surface area contributed by atoms with E-state index < -0.39 is 4.92 Å². The Hall–Kier alpha value is -2.11. The van der Waals surface area contributed by atoms with Crippen molar-refractivity contribution >= 4 is 11.9 Å². The molecular formula is C14H19N3O3. The van der Waals surface area contributed by atoms with Gasteiger partial charge in [-0.3, -0.25) is 15.1 Å². The number of hydrazone groups is 1. The third-order valence-corrected chi connectivity index (χ3v) is 3.68. The zero-order chi connectivity index (χ0) is 14.7. The Morgan fingerprint density at radius 2 is 2.05 bits per heavy atom. The highest BCUT2D eigenvalue weighted by Crippen LogP contribution is 2.26. The summed E-state index contributed by atoms with van der Waals surface area (Å²) in [6.07, 6.45) is 5.04. The minimum atomic E-state index is -0.598. The number of hydrogen-bond acceptors (Lipinski definition) is 5. The summed E-state index contributed by atoms with van der Waals surface area (Å²) >= 11 is 0. The Morgan fingerprint density at radius 1 is 1.40 bits per heavy atom. The van der Waals surface area contributed by atoms with Crippen LogP contribution in [0.5, 0.6) is 5.75 Å². The highest BCUT2D eigenvalue weighted by Gasteiger charge is 2.22. The molecule has 1 N–H and O–H groups in total. The van der Waals surface area contributed by atoms with E-state index in [1.165, 1.54) is 18.6 Å². The molecule has 1 aromatic rings. The lowest BCUT2D eigenvalue weighted by molar-refractivity contribution is -0.385. The maximum absolute atomic E-state index is 10.8. The van der Waals surface area contributed by atoms with Crippen LogP contribution in [0, 0.1) is 10.1 Å². The molecular weight excluding hydrogens is 258 g/mol. The van der Waals surface area contributed by atoms with Crippen LogP contribution >= 0.6 is 0 Å². The summed E-state index contributed by atoms with van der Waals surface area (Å²) in [6, 6.07) is 5.02. The average Bonchev–Trinajstić information content (AvgIpc) is 2.39. The van der Waals surface area contributed by atoms with E-state index >= 15 is 0 Å². The first-order chi connectivity index (χ1) is 9.49. The van der Waals surface area contributed by atoms with Gasteiger partial charge in [-0.25, -0.2) is 0 Å². The van der Waals surface area contributed by atoms with Gasteiger partial charge in [0.05, 0.1) is 11.1 Å². The van der Waals surface area contributed by atoms with Gasteiger partial charge >= 0.3 is 5.69 Å². The Bertz CT molecular complexity index is 520. The number of benzene rings is 1. The minimum absolute atomic E-state index is 0.298. The van der Waals surface area contributed by atoms with E-state index in [1.807, 2.05) is 5.01 Å². The van der Waals surface area contributed by atoms with Gasteiger partial charge in [0.15, 0.2) is 5.75 Å². The third kappa shape index (κ3) is 3.07. The number of hydrogen-bond donors (Lipinski definition) is 1. The minimum Gasteiger partial charge on any atom is -0.502 e. The van der Waals surface area contributed by atoms with Crippen LogP contribution in [-0.2, 0) is 0 Å². The van der Waals surface area contributed by atoms with E-state index in [9.17, 15) is 15.2 Å². The molecule has 108 valence electrons. The van der Waals surface area contributed by atoms with Gasteiger partial charge in [0, 0.05) is 23.7 Å². The van der Waals surface area contributed by atoms with Crippen molar-refractivity contribution in [1.29, 1.82) is 0 Å². The molecule has 1 saturated heterocycles. The van der Waals surface area contributed by atoms with Gasteiger partial charge < -0.3 is 5.11 Å². The van der Waals surface area contributed by atoms with Crippen molar-refractivity contribution in [2.75, 3.05) is 0 Å². The maximum atomic E-state index is 10.8. The lowest BCUT2D eigenvalue weighted by Gasteiger charge is -2.36. The molecule has 0 saturated carbocycles. The van der Waals surface area contributed by atoms with Crippen molar-refractivity contribution in [3.05, 3.63) is 33.9 Å². The van der Waals surface area contributed by atoms with Crippen LogP contribution < -0.4 is 0 Å². The van der Waals surface area contributed by atoms with Gasteiger partial charge in [0.1, 0.15) is 0 Å². The lowest BCUT2D eigenvalue weighted by Crippen LogP contribution is -2.39. The molecule has 0 spiro atoms. The second-order valence-electron chi connectivity index (χ2n) is 5.26. The molecule has 1 aliphatic heterocycles. The number of nitrogens with zero attached hydrogens (tertiary/aromatic N) is 3. The van der Waals surface area contributed by atoms with Crippen molar-refractivity contribution in [3.8, 4) is 5.75 Å². The maximum Gasteiger partial charge on any atom is 0.311 e. The second kappa shape index (κ2) is 5.90. The Labute approximate surface area is 117 Å². The lowest BCUT2D eigenvalue weighted by atomic mass is 10.00. The molecule has 0 unspecified atom stereocenters. The summed E-state index contributed by atoms with van der Waals surface area (Å²) in [5, 5.41) is 26.7. The molecule has 2 atom stereocenters. The zero-order valence-corrected chi connectivity index (χ0v) is 11.7. The predicted octanol–water partition coefficient (Wildman–Crippen LogP) is 2.90. The summed E-state index contributed by atoms with van der Waals surface area (Å²) < 4.78 is 0. The van der Waals surface area contributed by atoms with Crippen LogP contribution in [0.2, 0.25) is 0 Å². The molecule has 1 heterocycles. The van der Waals surface area contributed by atoms with Crippen LogP contribution in [0.4, 0.5) is 5.69 Å². The van der Waals surface area contributed by atoms with Crippen LogP contribution in [0.3, 0.4) is 0 Å². The molecule has 0 radical (unpaired) electrons. The average molecular weight is 277 g/mol. The quantitative estimate of drug-likeness (QED) is 0.523. The van der Waals surface area contributed by atoms with Gasteiger partial charge in [-0.1, -0.05) is 0 Å². The summed E-state index contributed by atoms with van der Waals surface area (Å²) in [5.74, 6) is -0.327. The van der Waals surface area contributed by atoms with E-state index in [0.717, 1.165) is 12.8 Å². The van der Waals surface area contributed by atoms with Crippen molar-refractivity contribution in [2.24, 2.45) is 5.10 Å². The van der Waals surface area contributed by atoms with Crippen LogP contribution in [0.1, 0.15) is 38.7 Å². The normalized spacial score (nSPS) is 23.2. The summed E-state index contributed by atoms with van der Waals surface area (Å²) in [7, 11) is 0.